The summed E-state index contributed by atoms with van der Waals surface area (Å²) in [7, 11) is 0. The highest BCUT2D eigenvalue weighted by Crippen LogP contribution is 2.24. The molecule has 4 nitrogen and oxygen atoms in total. The van der Waals surface area contributed by atoms with Gasteiger partial charge in [-0.2, -0.15) is 0 Å². The Morgan fingerprint density at radius 1 is 1.18 bits per heavy atom. The van der Waals surface area contributed by atoms with Crippen molar-refractivity contribution in [2.24, 2.45) is 4.99 Å². The number of benzene rings is 2. The minimum absolute atomic E-state index is 0.128. The minimum Gasteiger partial charge on any atom is -0.395 e. The molecule has 1 aromatic heterocycles. The van der Waals surface area contributed by atoms with Crippen LogP contribution in [0.3, 0.4) is 0 Å². The Balaban J connectivity index is 1.96. The van der Waals surface area contributed by atoms with Gasteiger partial charge in [0.2, 0.25) is 0 Å². The van der Waals surface area contributed by atoms with Gasteiger partial charge in [0, 0.05) is 23.5 Å². The molecule has 148 valence electrons. The monoisotopic (exact) mass is 419 g/mol. The maximum absolute atomic E-state index is 13.3. The fraction of sp³-hybridized carbons (Fsp3) is 0.286. The molecule has 0 aliphatic heterocycles. The van der Waals surface area contributed by atoms with E-state index in [1.807, 2.05) is 25.1 Å². The van der Waals surface area contributed by atoms with Gasteiger partial charge in [0.15, 0.2) is 4.80 Å². The number of aryl methyl sites for hydroxylation is 1. The van der Waals surface area contributed by atoms with Crippen LogP contribution in [0.5, 0.6) is 0 Å². The third-order valence-corrected chi connectivity index (χ3v) is 5.44. The van der Waals surface area contributed by atoms with Crippen LogP contribution in [0.2, 0.25) is 5.02 Å². The average Bonchev–Trinajstić information content (AvgIpc) is 3.07. The number of nitrogens with zero attached hydrogens (tertiary/aromatic N) is 2. The summed E-state index contributed by atoms with van der Waals surface area (Å²) in [6.07, 6.45) is 0.887. The number of aliphatic hydroxyl groups excluding tert-OH is 1. The van der Waals surface area contributed by atoms with Gasteiger partial charge >= 0.3 is 0 Å². The predicted molar refractivity (Wildman–Crippen MR) is 114 cm³/mol. The normalized spacial score (nSPS) is 11.9. The summed E-state index contributed by atoms with van der Waals surface area (Å²) in [5, 5.41) is 14.8. The number of aromatic nitrogens is 1. The van der Waals surface area contributed by atoms with Gasteiger partial charge in [0.05, 0.1) is 18.0 Å². The molecule has 0 saturated carbocycles. The lowest BCUT2D eigenvalue weighted by Gasteiger charge is -2.10. The topological polar surface area (TPSA) is 49.5 Å². The van der Waals surface area contributed by atoms with Gasteiger partial charge in [-0.15, -0.1) is 11.3 Å². The summed E-state index contributed by atoms with van der Waals surface area (Å²) in [6.45, 7) is 4.26. The fourth-order valence-corrected chi connectivity index (χ4v) is 4.07. The number of hydrogen-bond acceptors (Lipinski definition) is 4. The van der Waals surface area contributed by atoms with Gasteiger partial charge in [-0.25, -0.2) is 9.38 Å². The van der Waals surface area contributed by atoms with Gasteiger partial charge in [-0.05, 0) is 73.5 Å². The predicted octanol–water partition coefficient (Wildman–Crippen LogP) is 4.52. The molecular formula is C21H23ClFN3OS. The zero-order valence-corrected chi connectivity index (χ0v) is 17.2. The van der Waals surface area contributed by atoms with Crippen molar-refractivity contribution >= 4 is 28.6 Å². The smallest absolute Gasteiger partial charge is 0.190 e. The molecule has 0 atom stereocenters. The van der Waals surface area contributed by atoms with E-state index >= 15 is 0 Å². The Kier molecular flexibility index (Phi) is 7.39. The van der Waals surface area contributed by atoms with E-state index in [4.69, 9.17) is 21.7 Å². The minimum atomic E-state index is -0.250. The Morgan fingerprint density at radius 2 is 1.96 bits per heavy atom. The second-order valence-corrected chi connectivity index (χ2v) is 7.70. The molecule has 0 aliphatic rings. The largest absolute Gasteiger partial charge is 0.395 e. The lowest BCUT2D eigenvalue weighted by molar-refractivity contribution is 0.291. The van der Waals surface area contributed by atoms with E-state index in [0.29, 0.717) is 11.6 Å². The van der Waals surface area contributed by atoms with Gasteiger partial charge < -0.3 is 15.0 Å². The van der Waals surface area contributed by atoms with E-state index in [1.165, 1.54) is 12.1 Å². The average molecular weight is 420 g/mol. The Morgan fingerprint density at radius 3 is 2.68 bits per heavy atom. The van der Waals surface area contributed by atoms with Crippen LogP contribution in [0.25, 0.3) is 11.3 Å². The highest BCUT2D eigenvalue weighted by Gasteiger charge is 2.09. The van der Waals surface area contributed by atoms with Crippen molar-refractivity contribution in [2.75, 3.05) is 19.7 Å². The highest BCUT2D eigenvalue weighted by molar-refractivity contribution is 7.07. The first-order valence-corrected chi connectivity index (χ1v) is 10.4. The molecule has 3 rings (SSSR count). The zero-order chi connectivity index (χ0) is 19.9. The first-order valence-electron chi connectivity index (χ1n) is 9.15. The quantitative estimate of drug-likeness (QED) is 0.527. The van der Waals surface area contributed by atoms with Crippen LogP contribution >= 0.6 is 22.9 Å². The summed E-state index contributed by atoms with van der Waals surface area (Å²) in [5.41, 5.74) is 3.86. The van der Waals surface area contributed by atoms with Crippen molar-refractivity contribution in [1.29, 1.82) is 0 Å². The lowest BCUT2D eigenvalue weighted by atomic mass is 10.1. The number of halogens is 2. The number of aliphatic hydroxyl groups is 1. The molecule has 0 bridgehead atoms. The molecule has 0 radical (unpaired) electrons. The van der Waals surface area contributed by atoms with Crippen molar-refractivity contribution in [2.45, 2.75) is 19.9 Å². The highest BCUT2D eigenvalue weighted by atomic mass is 35.5. The summed E-state index contributed by atoms with van der Waals surface area (Å²) >= 11 is 7.62. The van der Waals surface area contributed by atoms with E-state index in [0.717, 1.165) is 46.8 Å². The van der Waals surface area contributed by atoms with Gasteiger partial charge in [0.25, 0.3) is 0 Å². The Hall–Kier alpha value is -1.99. The maximum atomic E-state index is 13.3. The van der Waals surface area contributed by atoms with Crippen molar-refractivity contribution in [3.05, 3.63) is 69.0 Å². The first-order chi connectivity index (χ1) is 13.6. The summed E-state index contributed by atoms with van der Waals surface area (Å²) in [6, 6.07) is 12.2. The number of hydrogen-bond donors (Lipinski definition) is 2. The van der Waals surface area contributed by atoms with Gasteiger partial charge in [-0.1, -0.05) is 11.6 Å². The number of nitrogens with one attached hydrogen (secondary N) is 1. The molecule has 2 N–H and O–H groups in total. The van der Waals surface area contributed by atoms with Gasteiger partial charge in [-0.3, -0.25) is 0 Å². The van der Waals surface area contributed by atoms with Crippen molar-refractivity contribution < 1.29 is 9.50 Å². The van der Waals surface area contributed by atoms with Crippen LogP contribution in [-0.4, -0.2) is 29.4 Å². The van der Waals surface area contributed by atoms with Crippen molar-refractivity contribution in [3.63, 3.8) is 0 Å². The fourth-order valence-electron chi connectivity index (χ4n) is 2.90. The van der Waals surface area contributed by atoms with Gasteiger partial charge in [0.1, 0.15) is 5.82 Å². The maximum Gasteiger partial charge on any atom is 0.190 e. The molecule has 0 aliphatic carbocycles. The molecule has 3 aromatic rings. The summed E-state index contributed by atoms with van der Waals surface area (Å²) < 4.78 is 15.5. The van der Waals surface area contributed by atoms with E-state index in [2.05, 4.69) is 15.3 Å². The molecule has 7 heteroatoms. The summed E-state index contributed by atoms with van der Waals surface area (Å²) in [4.78, 5) is 5.73. The van der Waals surface area contributed by atoms with Crippen LogP contribution in [-0.2, 0) is 6.54 Å². The second-order valence-electron chi connectivity index (χ2n) is 6.43. The van der Waals surface area contributed by atoms with E-state index in [9.17, 15) is 4.39 Å². The molecule has 28 heavy (non-hydrogen) atoms. The van der Waals surface area contributed by atoms with Crippen LogP contribution in [0.4, 0.5) is 10.1 Å². The van der Waals surface area contributed by atoms with Crippen molar-refractivity contribution in [1.82, 2.24) is 9.88 Å². The Bertz CT molecular complexity index is 982. The summed E-state index contributed by atoms with van der Waals surface area (Å²) in [5.74, 6) is -0.250. The molecule has 0 saturated heterocycles. The molecular weight excluding hydrogens is 397 g/mol. The Labute approximate surface area is 173 Å². The first kappa shape index (κ1) is 20.7. The third kappa shape index (κ3) is 5.29. The molecule has 2 aromatic carbocycles. The number of thiazole rings is 1. The molecule has 0 amide bonds. The van der Waals surface area contributed by atoms with Crippen LogP contribution in [0.1, 0.15) is 12.0 Å². The van der Waals surface area contributed by atoms with E-state index < -0.39 is 0 Å². The second kappa shape index (κ2) is 9.98. The molecule has 0 unspecified atom stereocenters. The standard InChI is InChI=1S/C21H23ClFN3OS/c1-15-13-17(22)5-8-19(15)25-21-26(11-2-9-24-10-12-27)20(14-28-21)16-3-6-18(23)7-4-16/h3-8,13-14,24,27H,2,9-12H2,1H3. The van der Waals surface area contributed by atoms with Crippen molar-refractivity contribution in [3.8, 4) is 11.3 Å². The van der Waals surface area contributed by atoms with E-state index in [-0.39, 0.29) is 12.4 Å². The molecule has 1 heterocycles. The third-order valence-electron chi connectivity index (χ3n) is 4.34. The molecule has 0 fully saturated rings. The van der Waals surface area contributed by atoms with Crippen LogP contribution in [0.15, 0.2) is 52.8 Å². The lowest BCUT2D eigenvalue weighted by Crippen LogP contribution is -2.23. The molecule has 0 spiro atoms. The SMILES string of the molecule is Cc1cc(Cl)ccc1N=c1scc(-c2ccc(F)cc2)n1CCCNCCO. The number of rotatable bonds is 8. The van der Waals surface area contributed by atoms with Crippen LogP contribution < -0.4 is 10.1 Å². The van der Waals surface area contributed by atoms with E-state index in [1.54, 1.807) is 23.5 Å². The van der Waals surface area contributed by atoms with Crippen LogP contribution in [0, 0.1) is 12.7 Å². The zero-order valence-electron chi connectivity index (χ0n) is 15.7.